The maximum Gasteiger partial charge on any atom is 0.147 e. The van der Waals surface area contributed by atoms with Crippen LogP contribution in [0.2, 0.25) is 0 Å². The van der Waals surface area contributed by atoms with E-state index in [0.29, 0.717) is 6.42 Å². The van der Waals surface area contributed by atoms with Gasteiger partial charge in [0.1, 0.15) is 11.6 Å². The molecule has 1 rings (SSSR count). The SMILES string of the molecule is CCCNc1cncc(NC(CCO)C(C)(C)C)n1. The molecular weight excluding hydrogens is 240 g/mol. The van der Waals surface area contributed by atoms with Crippen LogP contribution in [0.1, 0.15) is 40.5 Å². The van der Waals surface area contributed by atoms with Crippen molar-refractivity contribution in [2.75, 3.05) is 23.8 Å². The van der Waals surface area contributed by atoms with Gasteiger partial charge in [-0.15, -0.1) is 0 Å². The molecule has 5 heteroatoms. The standard InChI is InChI=1S/C14H26N4O/c1-5-7-16-12-9-15-10-13(18-12)17-11(6-8-19)14(2,3)4/h9-11,19H,5-8H2,1-4H3,(H2,16,17,18). The fraction of sp³-hybridized carbons (Fsp3) is 0.714. The van der Waals surface area contributed by atoms with Crippen LogP contribution in [0.15, 0.2) is 12.4 Å². The first-order chi connectivity index (χ1) is 8.97. The van der Waals surface area contributed by atoms with Crippen LogP contribution in [-0.2, 0) is 0 Å². The number of hydrogen-bond acceptors (Lipinski definition) is 5. The Hall–Kier alpha value is -1.36. The summed E-state index contributed by atoms with van der Waals surface area (Å²) >= 11 is 0. The van der Waals surface area contributed by atoms with Crippen molar-refractivity contribution in [3.8, 4) is 0 Å². The molecule has 0 fully saturated rings. The van der Waals surface area contributed by atoms with E-state index < -0.39 is 0 Å². The van der Waals surface area contributed by atoms with E-state index >= 15 is 0 Å². The molecule has 1 unspecified atom stereocenters. The van der Waals surface area contributed by atoms with Crippen LogP contribution in [0, 0.1) is 5.41 Å². The zero-order valence-corrected chi connectivity index (χ0v) is 12.4. The molecule has 108 valence electrons. The van der Waals surface area contributed by atoms with Crippen LogP contribution >= 0.6 is 0 Å². The van der Waals surface area contributed by atoms with Crippen LogP contribution < -0.4 is 10.6 Å². The minimum atomic E-state index is 0.0528. The summed E-state index contributed by atoms with van der Waals surface area (Å²) in [5.74, 6) is 1.53. The highest BCUT2D eigenvalue weighted by Gasteiger charge is 2.24. The quantitative estimate of drug-likeness (QED) is 0.707. The first-order valence-corrected chi connectivity index (χ1v) is 6.90. The Balaban J connectivity index is 2.73. The molecule has 19 heavy (non-hydrogen) atoms. The molecule has 0 saturated heterocycles. The van der Waals surface area contributed by atoms with E-state index in [0.717, 1.165) is 24.6 Å². The number of hydrogen-bond donors (Lipinski definition) is 3. The van der Waals surface area contributed by atoms with Crippen molar-refractivity contribution in [3.63, 3.8) is 0 Å². The molecule has 0 saturated carbocycles. The van der Waals surface area contributed by atoms with Gasteiger partial charge in [0, 0.05) is 19.2 Å². The van der Waals surface area contributed by atoms with Gasteiger partial charge in [-0.25, -0.2) is 4.98 Å². The lowest BCUT2D eigenvalue weighted by molar-refractivity contribution is 0.235. The lowest BCUT2D eigenvalue weighted by Gasteiger charge is -2.31. The second kappa shape index (κ2) is 7.28. The van der Waals surface area contributed by atoms with Gasteiger partial charge in [0.05, 0.1) is 12.4 Å². The van der Waals surface area contributed by atoms with Crippen LogP contribution in [0.4, 0.5) is 11.6 Å². The zero-order chi connectivity index (χ0) is 14.3. The van der Waals surface area contributed by atoms with Crippen molar-refractivity contribution in [1.82, 2.24) is 9.97 Å². The van der Waals surface area contributed by atoms with Gasteiger partial charge in [-0.05, 0) is 18.3 Å². The molecule has 1 atom stereocenters. The monoisotopic (exact) mass is 266 g/mol. The number of rotatable bonds is 7. The Morgan fingerprint density at radius 1 is 1.26 bits per heavy atom. The Morgan fingerprint density at radius 2 is 1.95 bits per heavy atom. The molecule has 0 spiro atoms. The average molecular weight is 266 g/mol. The molecule has 1 heterocycles. The summed E-state index contributed by atoms with van der Waals surface area (Å²) in [5.41, 5.74) is 0.0528. The van der Waals surface area contributed by atoms with Gasteiger partial charge in [0.25, 0.3) is 0 Å². The summed E-state index contributed by atoms with van der Waals surface area (Å²) in [6.07, 6.45) is 5.18. The Morgan fingerprint density at radius 3 is 2.53 bits per heavy atom. The highest BCUT2D eigenvalue weighted by molar-refractivity contribution is 5.42. The lowest BCUT2D eigenvalue weighted by atomic mass is 9.85. The van der Waals surface area contributed by atoms with Crippen molar-refractivity contribution >= 4 is 11.6 Å². The van der Waals surface area contributed by atoms with E-state index in [2.05, 4.69) is 48.3 Å². The van der Waals surface area contributed by atoms with Gasteiger partial charge in [-0.1, -0.05) is 27.7 Å². The normalized spacial score (nSPS) is 13.1. The second-order valence-electron chi connectivity index (χ2n) is 5.79. The molecule has 3 N–H and O–H groups in total. The van der Waals surface area contributed by atoms with Crippen molar-refractivity contribution < 1.29 is 5.11 Å². The zero-order valence-electron chi connectivity index (χ0n) is 12.4. The molecule has 0 aliphatic heterocycles. The minimum Gasteiger partial charge on any atom is -0.396 e. The third kappa shape index (κ3) is 5.42. The van der Waals surface area contributed by atoms with Crippen LogP contribution in [0.25, 0.3) is 0 Å². The maximum atomic E-state index is 9.16. The molecule has 0 amide bonds. The second-order valence-corrected chi connectivity index (χ2v) is 5.79. The van der Waals surface area contributed by atoms with E-state index in [9.17, 15) is 0 Å². The molecular formula is C14H26N4O. The highest BCUT2D eigenvalue weighted by atomic mass is 16.3. The van der Waals surface area contributed by atoms with Gasteiger partial charge in [0.15, 0.2) is 0 Å². The first kappa shape index (κ1) is 15.7. The first-order valence-electron chi connectivity index (χ1n) is 6.90. The molecule has 0 aliphatic carbocycles. The fourth-order valence-electron chi connectivity index (χ4n) is 1.80. The predicted molar refractivity (Wildman–Crippen MR) is 79.4 cm³/mol. The minimum absolute atomic E-state index is 0.0528. The molecule has 1 aromatic rings. The Labute approximate surface area is 115 Å². The van der Waals surface area contributed by atoms with E-state index in [1.54, 1.807) is 12.4 Å². The largest absolute Gasteiger partial charge is 0.396 e. The number of aliphatic hydroxyl groups is 1. The number of nitrogens with one attached hydrogen (secondary N) is 2. The molecule has 1 aromatic heterocycles. The molecule has 0 aliphatic rings. The van der Waals surface area contributed by atoms with Gasteiger partial charge >= 0.3 is 0 Å². The number of aliphatic hydroxyl groups excluding tert-OH is 1. The van der Waals surface area contributed by atoms with Gasteiger partial charge in [-0.2, -0.15) is 0 Å². The van der Waals surface area contributed by atoms with E-state index in [-0.39, 0.29) is 18.1 Å². The maximum absolute atomic E-state index is 9.16. The van der Waals surface area contributed by atoms with E-state index in [1.807, 2.05) is 0 Å². The third-order valence-corrected chi connectivity index (χ3v) is 2.98. The van der Waals surface area contributed by atoms with Crippen molar-refractivity contribution in [2.45, 2.75) is 46.6 Å². The number of aromatic nitrogens is 2. The van der Waals surface area contributed by atoms with Crippen LogP contribution in [0.5, 0.6) is 0 Å². The summed E-state index contributed by atoms with van der Waals surface area (Å²) in [4.78, 5) is 8.66. The number of nitrogens with zero attached hydrogens (tertiary/aromatic N) is 2. The summed E-state index contributed by atoms with van der Waals surface area (Å²) in [6.45, 7) is 9.60. The number of anilines is 2. The predicted octanol–water partition coefficient (Wildman–Crippen LogP) is 2.51. The lowest BCUT2D eigenvalue weighted by Crippen LogP contribution is -2.35. The fourth-order valence-corrected chi connectivity index (χ4v) is 1.80. The van der Waals surface area contributed by atoms with Crippen molar-refractivity contribution in [2.24, 2.45) is 5.41 Å². The van der Waals surface area contributed by atoms with Crippen molar-refractivity contribution in [3.05, 3.63) is 12.4 Å². The van der Waals surface area contributed by atoms with Gasteiger partial charge in [-0.3, -0.25) is 4.98 Å². The summed E-state index contributed by atoms with van der Waals surface area (Å²) < 4.78 is 0. The summed E-state index contributed by atoms with van der Waals surface area (Å²) in [6, 6.07) is 0.160. The van der Waals surface area contributed by atoms with E-state index in [1.165, 1.54) is 0 Å². The van der Waals surface area contributed by atoms with Gasteiger partial charge in [0.2, 0.25) is 0 Å². The molecule has 0 bridgehead atoms. The third-order valence-electron chi connectivity index (χ3n) is 2.98. The van der Waals surface area contributed by atoms with Crippen LogP contribution in [-0.4, -0.2) is 34.3 Å². The average Bonchev–Trinajstić information content (AvgIpc) is 2.35. The topological polar surface area (TPSA) is 70.1 Å². The van der Waals surface area contributed by atoms with E-state index in [4.69, 9.17) is 5.11 Å². The smallest absolute Gasteiger partial charge is 0.147 e. The molecule has 0 aromatic carbocycles. The summed E-state index contributed by atoms with van der Waals surface area (Å²) in [7, 11) is 0. The Bertz CT molecular complexity index is 376. The van der Waals surface area contributed by atoms with Gasteiger partial charge < -0.3 is 15.7 Å². The molecule has 5 nitrogen and oxygen atoms in total. The molecule has 0 radical (unpaired) electrons. The highest BCUT2D eigenvalue weighted by Crippen LogP contribution is 2.24. The van der Waals surface area contributed by atoms with Crippen LogP contribution in [0.3, 0.4) is 0 Å². The Kier molecular flexibility index (Phi) is 6.02. The summed E-state index contributed by atoms with van der Waals surface area (Å²) in [5, 5.41) is 15.7. The van der Waals surface area contributed by atoms with Crippen molar-refractivity contribution in [1.29, 1.82) is 0 Å².